The molecule has 0 bridgehead atoms. The summed E-state index contributed by atoms with van der Waals surface area (Å²) in [6, 6.07) is 2.30. The third kappa shape index (κ3) is 2.31. The average Bonchev–Trinajstić information content (AvgIpc) is 2.22. The van der Waals surface area contributed by atoms with Gasteiger partial charge in [0.15, 0.2) is 0 Å². The lowest BCUT2D eigenvalue weighted by Crippen LogP contribution is -2.28. The monoisotopic (exact) mass is 217 g/mol. The molecule has 2 atom stereocenters. The smallest absolute Gasteiger partial charge is 0.134 e. The molecule has 15 heavy (non-hydrogen) atoms. The maximum absolute atomic E-state index is 13.5. The second-order valence-corrected chi connectivity index (χ2v) is 3.34. The molecule has 4 N–H and O–H groups in total. The number of benzene rings is 1. The first-order chi connectivity index (χ1) is 6.99. The Morgan fingerprint density at radius 1 is 1.33 bits per heavy atom. The predicted molar refractivity (Wildman–Crippen MR) is 51.1 cm³/mol. The Hall–Kier alpha value is -1.04. The van der Waals surface area contributed by atoms with Gasteiger partial charge in [-0.1, -0.05) is 6.07 Å². The molecule has 0 amide bonds. The topological polar surface area (TPSA) is 66.5 Å². The Balaban J connectivity index is 3.18. The van der Waals surface area contributed by atoms with Crippen molar-refractivity contribution in [3.05, 3.63) is 34.9 Å². The summed E-state index contributed by atoms with van der Waals surface area (Å²) >= 11 is 0. The van der Waals surface area contributed by atoms with Gasteiger partial charge in [0.25, 0.3) is 0 Å². The molecular formula is C10H13F2NO2. The van der Waals surface area contributed by atoms with Crippen molar-refractivity contribution in [2.24, 2.45) is 5.73 Å². The second-order valence-electron chi connectivity index (χ2n) is 3.34. The van der Waals surface area contributed by atoms with Crippen molar-refractivity contribution in [3.8, 4) is 0 Å². The van der Waals surface area contributed by atoms with Crippen LogP contribution in [0.15, 0.2) is 12.1 Å². The first-order valence-electron chi connectivity index (χ1n) is 4.49. The molecule has 1 aromatic rings. The molecule has 0 aliphatic rings. The standard InChI is InChI=1S/C10H13F2NO2/c1-5-2-3-6(11)8(9(5)12)10(15)7(14)4-13/h2-3,7,10,14-15H,4,13H2,1H3. The summed E-state index contributed by atoms with van der Waals surface area (Å²) in [6.07, 6.45) is -3.02. The van der Waals surface area contributed by atoms with Gasteiger partial charge in [0.05, 0.1) is 11.7 Å². The molecule has 0 radical (unpaired) electrons. The van der Waals surface area contributed by atoms with Gasteiger partial charge >= 0.3 is 0 Å². The van der Waals surface area contributed by atoms with E-state index in [1.807, 2.05) is 0 Å². The molecule has 0 fully saturated rings. The number of aliphatic hydroxyl groups is 2. The van der Waals surface area contributed by atoms with Crippen LogP contribution < -0.4 is 5.73 Å². The van der Waals surface area contributed by atoms with Gasteiger partial charge in [-0.25, -0.2) is 8.78 Å². The van der Waals surface area contributed by atoms with E-state index in [0.717, 1.165) is 6.07 Å². The number of nitrogens with two attached hydrogens (primary N) is 1. The highest BCUT2D eigenvalue weighted by Crippen LogP contribution is 2.25. The van der Waals surface area contributed by atoms with Gasteiger partial charge in [-0.3, -0.25) is 0 Å². The Kier molecular flexibility index (Phi) is 3.73. The van der Waals surface area contributed by atoms with E-state index in [1.54, 1.807) is 0 Å². The van der Waals surface area contributed by atoms with E-state index in [2.05, 4.69) is 0 Å². The fraction of sp³-hybridized carbons (Fsp3) is 0.400. The molecule has 0 aromatic heterocycles. The zero-order valence-electron chi connectivity index (χ0n) is 8.24. The van der Waals surface area contributed by atoms with E-state index in [9.17, 15) is 19.0 Å². The van der Waals surface area contributed by atoms with Crippen LogP contribution in [0.1, 0.15) is 17.2 Å². The summed E-state index contributed by atoms with van der Waals surface area (Å²) in [5.41, 5.74) is 4.76. The van der Waals surface area contributed by atoms with Crippen molar-refractivity contribution in [1.29, 1.82) is 0 Å². The summed E-state index contributed by atoms with van der Waals surface area (Å²) in [4.78, 5) is 0. The van der Waals surface area contributed by atoms with Gasteiger partial charge in [-0.2, -0.15) is 0 Å². The van der Waals surface area contributed by atoms with Crippen LogP contribution in [0.4, 0.5) is 8.78 Å². The first kappa shape index (κ1) is 12.0. The molecule has 1 aromatic carbocycles. The molecule has 0 saturated carbocycles. The highest BCUT2D eigenvalue weighted by atomic mass is 19.1. The Morgan fingerprint density at radius 2 is 1.93 bits per heavy atom. The minimum atomic E-state index is -1.64. The van der Waals surface area contributed by atoms with Crippen LogP contribution >= 0.6 is 0 Å². The van der Waals surface area contributed by atoms with E-state index in [-0.39, 0.29) is 12.1 Å². The lowest BCUT2D eigenvalue weighted by atomic mass is 10.0. The second kappa shape index (κ2) is 4.65. The molecule has 2 unspecified atom stereocenters. The van der Waals surface area contributed by atoms with E-state index in [1.165, 1.54) is 13.0 Å². The zero-order valence-corrected chi connectivity index (χ0v) is 8.24. The van der Waals surface area contributed by atoms with E-state index >= 15 is 0 Å². The Bertz CT molecular complexity index is 358. The van der Waals surface area contributed by atoms with E-state index in [0.29, 0.717) is 0 Å². The Labute approximate surface area is 86.2 Å². The van der Waals surface area contributed by atoms with Crippen molar-refractivity contribution < 1.29 is 19.0 Å². The number of halogens is 2. The van der Waals surface area contributed by atoms with Crippen LogP contribution in [-0.2, 0) is 0 Å². The molecule has 84 valence electrons. The highest BCUT2D eigenvalue weighted by Gasteiger charge is 2.24. The molecule has 3 nitrogen and oxygen atoms in total. The van der Waals surface area contributed by atoms with Crippen molar-refractivity contribution in [2.75, 3.05) is 6.54 Å². The summed E-state index contributed by atoms with van der Waals surface area (Å²) < 4.78 is 26.7. The van der Waals surface area contributed by atoms with Crippen LogP contribution in [0, 0.1) is 18.6 Å². The minimum Gasteiger partial charge on any atom is -0.389 e. The van der Waals surface area contributed by atoms with Crippen LogP contribution in [0.2, 0.25) is 0 Å². The van der Waals surface area contributed by atoms with E-state index < -0.39 is 29.4 Å². The Morgan fingerprint density at radius 3 is 2.47 bits per heavy atom. The number of aliphatic hydroxyl groups excluding tert-OH is 2. The van der Waals surface area contributed by atoms with Gasteiger partial charge < -0.3 is 15.9 Å². The maximum atomic E-state index is 13.5. The molecule has 0 aliphatic carbocycles. The molecule has 1 rings (SSSR count). The largest absolute Gasteiger partial charge is 0.389 e. The molecular weight excluding hydrogens is 204 g/mol. The van der Waals surface area contributed by atoms with Gasteiger partial charge in [0, 0.05) is 6.54 Å². The van der Waals surface area contributed by atoms with Gasteiger partial charge in [0.1, 0.15) is 17.7 Å². The fourth-order valence-electron chi connectivity index (χ4n) is 1.27. The summed E-state index contributed by atoms with van der Waals surface area (Å²) in [5.74, 6) is -1.74. The SMILES string of the molecule is Cc1ccc(F)c(C(O)C(O)CN)c1F. The van der Waals surface area contributed by atoms with Crippen LogP contribution in [0.5, 0.6) is 0 Å². The summed E-state index contributed by atoms with van der Waals surface area (Å²) in [6.45, 7) is 1.17. The van der Waals surface area contributed by atoms with Gasteiger partial charge in [-0.15, -0.1) is 0 Å². The van der Waals surface area contributed by atoms with Crippen molar-refractivity contribution in [1.82, 2.24) is 0 Å². The van der Waals surface area contributed by atoms with Crippen molar-refractivity contribution in [2.45, 2.75) is 19.1 Å². The first-order valence-corrected chi connectivity index (χ1v) is 4.49. The highest BCUT2D eigenvalue weighted by molar-refractivity contribution is 5.28. The third-order valence-corrected chi connectivity index (χ3v) is 2.22. The number of aryl methyl sites for hydroxylation is 1. The van der Waals surface area contributed by atoms with Crippen molar-refractivity contribution >= 4 is 0 Å². The predicted octanol–water partition coefficient (Wildman–Crippen LogP) is 0.626. The lowest BCUT2D eigenvalue weighted by molar-refractivity contribution is 0.0198. The lowest BCUT2D eigenvalue weighted by Gasteiger charge is -2.18. The summed E-state index contributed by atoms with van der Waals surface area (Å²) in [7, 11) is 0. The van der Waals surface area contributed by atoms with E-state index in [4.69, 9.17) is 5.73 Å². The van der Waals surface area contributed by atoms with Crippen LogP contribution in [-0.4, -0.2) is 22.9 Å². The third-order valence-electron chi connectivity index (χ3n) is 2.22. The minimum absolute atomic E-state index is 0.203. The quantitative estimate of drug-likeness (QED) is 0.695. The maximum Gasteiger partial charge on any atom is 0.134 e. The normalized spacial score (nSPS) is 15.1. The molecule has 0 saturated heterocycles. The molecule has 0 spiro atoms. The molecule has 0 heterocycles. The molecule has 0 aliphatic heterocycles. The fourth-order valence-corrected chi connectivity index (χ4v) is 1.27. The zero-order chi connectivity index (χ0) is 11.6. The van der Waals surface area contributed by atoms with Gasteiger partial charge in [0.2, 0.25) is 0 Å². The van der Waals surface area contributed by atoms with Crippen LogP contribution in [0.3, 0.4) is 0 Å². The summed E-state index contributed by atoms with van der Waals surface area (Å²) in [5, 5.41) is 18.7. The number of hydrogen-bond donors (Lipinski definition) is 3. The number of rotatable bonds is 3. The van der Waals surface area contributed by atoms with Crippen molar-refractivity contribution in [3.63, 3.8) is 0 Å². The molecule has 5 heteroatoms. The average molecular weight is 217 g/mol. The number of hydrogen-bond acceptors (Lipinski definition) is 3. The van der Waals surface area contributed by atoms with Crippen LogP contribution in [0.25, 0.3) is 0 Å². The van der Waals surface area contributed by atoms with Gasteiger partial charge in [-0.05, 0) is 18.6 Å².